The summed E-state index contributed by atoms with van der Waals surface area (Å²) in [6, 6.07) is 5.96. The van der Waals surface area contributed by atoms with Crippen molar-refractivity contribution in [2.75, 3.05) is 0 Å². The minimum Gasteiger partial charge on any atom is -0.223 e. The number of halogens is 1. The van der Waals surface area contributed by atoms with E-state index in [4.69, 9.17) is 11.6 Å². The molecule has 0 aliphatic heterocycles. The van der Waals surface area contributed by atoms with Crippen LogP contribution in [0.4, 0.5) is 0 Å². The maximum absolute atomic E-state index is 12.2. The van der Waals surface area contributed by atoms with Crippen molar-refractivity contribution < 1.29 is 8.42 Å². The second kappa shape index (κ2) is 4.42. The zero-order valence-electron chi connectivity index (χ0n) is 8.83. The van der Waals surface area contributed by atoms with Gasteiger partial charge in [0.1, 0.15) is 5.25 Å². The second-order valence-electron chi connectivity index (χ2n) is 3.41. The quantitative estimate of drug-likeness (QED) is 0.912. The van der Waals surface area contributed by atoms with Crippen molar-refractivity contribution in [3.8, 4) is 0 Å². The number of nitrogens with zero attached hydrogens (tertiary/aromatic N) is 3. The van der Waals surface area contributed by atoms with Gasteiger partial charge in [0, 0.05) is 5.02 Å². The van der Waals surface area contributed by atoms with Crippen molar-refractivity contribution >= 4 is 21.4 Å². The summed E-state index contributed by atoms with van der Waals surface area (Å²) in [6.07, 6.45) is 0. The fourth-order valence-corrected chi connectivity index (χ4v) is 2.74. The molecule has 1 heterocycles. The fourth-order valence-electron chi connectivity index (χ4n) is 1.31. The third kappa shape index (κ3) is 2.29. The first kappa shape index (κ1) is 12.0. The molecular weight excluding hydrogens is 264 g/mol. The van der Waals surface area contributed by atoms with Gasteiger partial charge < -0.3 is 0 Å². The predicted molar refractivity (Wildman–Crippen MR) is 61.2 cm³/mol. The molecule has 2 rings (SSSR count). The van der Waals surface area contributed by atoms with Gasteiger partial charge in [0.25, 0.3) is 0 Å². The highest BCUT2D eigenvalue weighted by Gasteiger charge is 2.28. The molecule has 1 atom stereocenters. The molecule has 6 nitrogen and oxygen atoms in total. The molecule has 1 aromatic heterocycles. The van der Waals surface area contributed by atoms with Crippen LogP contribution in [0.5, 0.6) is 0 Å². The lowest BCUT2D eigenvalue weighted by molar-refractivity contribution is 0.583. The van der Waals surface area contributed by atoms with Crippen LogP contribution in [-0.2, 0) is 9.84 Å². The number of aromatic amines is 1. The Kier molecular flexibility index (Phi) is 3.12. The lowest BCUT2D eigenvalue weighted by Gasteiger charge is -2.08. The lowest BCUT2D eigenvalue weighted by atomic mass is 10.4. The van der Waals surface area contributed by atoms with Crippen LogP contribution in [0.25, 0.3) is 0 Å². The van der Waals surface area contributed by atoms with Crippen molar-refractivity contribution in [2.24, 2.45) is 0 Å². The molecule has 0 saturated carbocycles. The zero-order chi connectivity index (χ0) is 12.5. The number of H-pyrrole nitrogens is 1. The summed E-state index contributed by atoms with van der Waals surface area (Å²) in [5.41, 5.74) is 0. The summed E-state index contributed by atoms with van der Waals surface area (Å²) in [7, 11) is -3.52. The number of benzene rings is 1. The first-order chi connectivity index (χ1) is 8.01. The highest BCUT2D eigenvalue weighted by molar-refractivity contribution is 7.91. The van der Waals surface area contributed by atoms with Gasteiger partial charge in [-0.15, -0.1) is 10.2 Å². The van der Waals surface area contributed by atoms with Crippen molar-refractivity contribution in [1.82, 2.24) is 20.6 Å². The number of tetrazole rings is 1. The predicted octanol–water partition coefficient (Wildman–Crippen LogP) is 1.39. The van der Waals surface area contributed by atoms with E-state index in [1.54, 1.807) is 0 Å². The Morgan fingerprint density at radius 2 is 1.94 bits per heavy atom. The first-order valence-electron chi connectivity index (χ1n) is 4.74. The van der Waals surface area contributed by atoms with Gasteiger partial charge >= 0.3 is 0 Å². The summed E-state index contributed by atoms with van der Waals surface area (Å²) >= 11 is 5.71. The van der Waals surface area contributed by atoms with Crippen LogP contribution in [0.15, 0.2) is 29.2 Å². The molecule has 17 heavy (non-hydrogen) atoms. The Balaban J connectivity index is 2.40. The summed E-state index contributed by atoms with van der Waals surface area (Å²) in [4.78, 5) is 0.180. The summed E-state index contributed by atoms with van der Waals surface area (Å²) in [6.45, 7) is 1.51. The summed E-state index contributed by atoms with van der Waals surface area (Å²) in [5, 5.41) is 12.5. The molecule has 0 aliphatic carbocycles. The Morgan fingerprint density at radius 1 is 1.29 bits per heavy atom. The normalized spacial score (nSPS) is 13.5. The highest BCUT2D eigenvalue weighted by atomic mass is 35.5. The van der Waals surface area contributed by atoms with E-state index in [0.29, 0.717) is 5.02 Å². The van der Waals surface area contributed by atoms with Crippen LogP contribution in [-0.4, -0.2) is 29.0 Å². The van der Waals surface area contributed by atoms with Gasteiger partial charge in [0.2, 0.25) is 0 Å². The van der Waals surface area contributed by atoms with Gasteiger partial charge in [0.15, 0.2) is 15.7 Å². The van der Waals surface area contributed by atoms with Crippen LogP contribution in [0, 0.1) is 0 Å². The molecule has 1 N–H and O–H groups in total. The molecule has 0 bridgehead atoms. The first-order valence-corrected chi connectivity index (χ1v) is 6.67. The second-order valence-corrected chi connectivity index (χ2v) is 6.12. The fraction of sp³-hybridized carbons (Fsp3) is 0.222. The van der Waals surface area contributed by atoms with Crippen molar-refractivity contribution in [2.45, 2.75) is 17.1 Å². The third-order valence-corrected chi connectivity index (χ3v) is 4.66. The molecule has 0 saturated heterocycles. The Labute approximate surface area is 103 Å². The van der Waals surface area contributed by atoms with E-state index in [1.165, 1.54) is 31.2 Å². The molecule has 1 unspecified atom stereocenters. The topological polar surface area (TPSA) is 88.6 Å². The average Bonchev–Trinajstić information content (AvgIpc) is 2.82. The lowest BCUT2D eigenvalue weighted by Crippen LogP contribution is -2.12. The maximum atomic E-state index is 12.2. The smallest absolute Gasteiger partial charge is 0.192 e. The van der Waals surface area contributed by atoms with Crippen LogP contribution >= 0.6 is 11.6 Å². The van der Waals surface area contributed by atoms with E-state index in [-0.39, 0.29) is 10.7 Å². The maximum Gasteiger partial charge on any atom is 0.192 e. The Hall–Kier alpha value is -1.47. The third-order valence-electron chi connectivity index (χ3n) is 2.33. The monoisotopic (exact) mass is 272 g/mol. The van der Waals surface area contributed by atoms with Gasteiger partial charge in [-0.05, 0) is 31.2 Å². The summed E-state index contributed by atoms with van der Waals surface area (Å²) in [5.74, 6) is 0.139. The highest BCUT2D eigenvalue weighted by Crippen LogP contribution is 2.26. The number of sulfone groups is 1. The van der Waals surface area contributed by atoms with Gasteiger partial charge in [-0.2, -0.15) is 5.21 Å². The molecule has 8 heteroatoms. The zero-order valence-corrected chi connectivity index (χ0v) is 10.4. The molecule has 0 spiro atoms. The molecule has 0 radical (unpaired) electrons. The van der Waals surface area contributed by atoms with Crippen LogP contribution in [0.1, 0.15) is 18.0 Å². The van der Waals surface area contributed by atoms with Gasteiger partial charge in [-0.1, -0.05) is 16.8 Å². The van der Waals surface area contributed by atoms with E-state index in [1.807, 2.05) is 0 Å². The molecule has 90 valence electrons. The number of hydrogen-bond donors (Lipinski definition) is 1. The SMILES string of the molecule is CC(c1nn[nH]n1)S(=O)(=O)c1ccc(Cl)cc1. The Bertz CT molecular complexity index is 594. The molecule has 2 aromatic rings. The van der Waals surface area contributed by atoms with E-state index < -0.39 is 15.1 Å². The van der Waals surface area contributed by atoms with Gasteiger partial charge in [-0.25, -0.2) is 8.42 Å². The number of rotatable bonds is 3. The standard InChI is InChI=1S/C9H9ClN4O2S/c1-6(9-11-13-14-12-9)17(15,16)8-4-2-7(10)3-5-8/h2-6H,1H3,(H,11,12,13,14). The summed E-state index contributed by atoms with van der Waals surface area (Å²) < 4.78 is 24.4. The van der Waals surface area contributed by atoms with Crippen LogP contribution < -0.4 is 0 Å². The van der Waals surface area contributed by atoms with E-state index in [2.05, 4.69) is 20.6 Å². The van der Waals surface area contributed by atoms with Crippen molar-refractivity contribution in [1.29, 1.82) is 0 Å². The average molecular weight is 273 g/mol. The van der Waals surface area contributed by atoms with Gasteiger partial charge in [-0.3, -0.25) is 0 Å². The molecular formula is C9H9ClN4O2S. The van der Waals surface area contributed by atoms with Crippen molar-refractivity contribution in [3.63, 3.8) is 0 Å². The minimum absolute atomic E-state index is 0.139. The van der Waals surface area contributed by atoms with E-state index in [9.17, 15) is 8.42 Å². The van der Waals surface area contributed by atoms with Gasteiger partial charge in [0.05, 0.1) is 4.90 Å². The molecule has 0 amide bonds. The van der Waals surface area contributed by atoms with Crippen LogP contribution in [0.3, 0.4) is 0 Å². The largest absolute Gasteiger partial charge is 0.223 e. The molecule has 0 aliphatic rings. The van der Waals surface area contributed by atoms with Crippen molar-refractivity contribution in [3.05, 3.63) is 35.1 Å². The molecule has 1 aromatic carbocycles. The molecule has 0 fully saturated rings. The number of aromatic nitrogens is 4. The minimum atomic E-state index is -3.52. The Morgan fingerprint density at radius 3 is 2.47 bits per heavy atom. The van der Waals surface area contributed by atoms with E-state index in [0.717, 1.165) is 0 Å². The van der Waals surface area contributed by atoms with Crippen LogP contribution in [0.2, 0.25) is 5.02 Å². The number of hydrogen-bond acceptors (Lipinski definition) is 5. The van der Waals surface area contributed by atoms with E-state index >= 15 is 0 Å². The number of nitrogens with one attached hydrogen (secondary N) is 1.